The number of rotatable bonds is 2. The Balaban J connectivity index is 2.00. The fourth-order valence-corrected chi connectivity index (χ4v) is 3.86. The van der Waals surface area contributed by atoms with Gasteiger partial charge in [0.15, 0.2) is 0 Å². The Bertz CT molecular complexity index is 698. The van der Waals surface area contributed by atoms with Crippen LogP contribution in [0.1, 0.15) is 18.4 Å². The zero-order chi connectivity index (χ0) is 15.0. The monoisotopic (exact) mass is 316 g/mol. The summed E-state index contributed by atoms with van der Waals surface area (Å²) in [7, 11) is 0. The van der Waals surface area contributed by atoms with Crippen LogP contribution in [0.15, 0.2) is 23.0 Å². The number of halogens is 3. The van der Waals surface area contributed by atoms with Crippen LogP contribution in [0.5, 0.6) is 0 Å². The lowest BCUT2D eigenvalue weighted by molar-refractivity contribution is -0.137. The van der Waals surface area contributed by atoms with Crippen molar-refractivity contribution < 1.29 is 13.2 Å². The molecule has 2 heterocycles. The summed E-state index contributed by atoms with van der Waals surface area (Å²) >= 11 is 1.84. The molecule has 1 aliphatic rings. The van der Waals surface area contributed by atoms with Crippen LogP contribution in [-0.2, 0) is 12.7 Å². The van der Waals surface area contributed by atoms with Crippen molar-refractivity contribution in [3.05, 3.63) is 34.2 Å². The van der Waals surface area contributed by atoms with Gasteiger partial charge in [-0.15, -0.1) is 0 Å². The highest BCUT2D eigenvalue weighted by Crippen LogP contribution is 2.31. The molecule has 0 bridgehead atoms. The third-order valence-corrected chi connectivity index (χ3v) is 5.08. The Morgan fingerprint density at radius 1 is 1.38 bits per heavy atom. The summed E-state index contributed by atoms with van der Waals surface area (Å²) in [6, 6.07) is 3.38. The van der Waals surface area contributed by atoms with Crippen LogP contribution in [0.3, 0.4) is 0 Å². The number of alkyl halides is 3. The summed E-state index contributed by atoms with van der Waals surface area (Å²) in [6.45, 7) is 0.479. The van der Waals surface area contributed by atoms with E-state index in [1.54, 1.807) is 0 Å². The van der Waals surface area contributed by atoms with Gasteiger partial charge in [-0.2, -0.15) is 24.9 Å². The van der Waals surface area contributed by atoms with E-state index in [0.717, 1.165) is 36.5 Å². The molecule has 1 unspecified atom stereocenters. The maximum Gasteiger partial charge on any atom is 0.416 e. The molecule has 21 heavy (non-hydrogen) atoms. The van der Waals surface area contributed by atoms with Crippen LogP contribution in [0, 0.1) is 5.92 Å². The standard InChI is InChI=1S/C14H15F3N2OS/c15-14(16,17)10-3-4-11-12(6-10)19(13(20)18-11)7-9-2-1-5-21-8-9/h3-4,6,9H,1-2,5,7-8H2,(H,18,20). The van der Waals surface area contributed by atoms with E-state index in [0.29, 0.717) is 23.5 Å². The lowest BCUT2D eigenvalue weighted by Crippen LogP contribution is -2.24. The molecule has 1 aliphatic heterocycles. The summed E-state index contributed by atoms with van der Waals surface area (Å²) in [5, 5.41) is 0. The second kappa shape index (κ2) is 5.44. The first-order valence-electron chi connectivity index (χ1n) is 6.82. The second-order valence-electron chi connectivity index (χ2n) is 5.35. The van der Waals surface area contributed by atoms with Crippen molar-refractivity contribution in [1.82, 2.24) is 9.55 Å². The van der Waals surface area contributed by atoms with E-state index in [-0.39, 0.29) is 5.69 Å². The molecule has 1 saturated heterocycles. The maximum atomic E-state index is 12.8. The van der Waals surface area contributed by atoms with E-state index in [1.807, 2.05) is 11.8 Å². The number of thioether (sulfide) groups is 1. The zero-order valence-corrected chi connectivity index (χ0v) is 12.1. The first-order chi connectivity index (χ1) is 9.95. The first-order valence-corrected chi connectivity index (χ1v) is 7.98. The molecule has 0 aliphatic carbocycles. The summed E-state index contributed by atoms with van der Waals surface area (Å²) in [5.74, 6) is 2.42. The van der Waals surface area contributed by atoms with E-state index in [4.69, 9.17) is 0 Å². The Morgan fingerprint density at radius 3 is 2.86 bits per heavy atom. The number of imidazole rings is 1. The Morgan fingerprint density at radius 2 is 2.19 bits per heavy atom. The van der Waals surface area contributed by atoms with Crippen molar-refractivity contribution in [2.75, 3.05) is 11.5 Å². The average Bonchev–Trinajstić information content (AvgIpc) is 2.75. The van der Waals surface area contributed by atoms with Gasteiger partial charge in [-0.25, -0.2) is 4.79 Å². The van der Waals surface area contributed by atoms with Crippen molar-refractivity contribution in [2.24, 2.45) is 5.92 Å². The Hall–Kier alpha value is -1.37. The molecule has 0 radical (unpaired) electrons. The lowest BCUT2D eigenvalue weighted by Gasteiger charge is -2.21. The van der Waals surface area contributed by atoms with Crippen LogP contribution in [0.25, 0.3) is 11.0 Å². The van der Waals surface area contributed by atoms with E-state index in [1.165, 1.54) is 10.6 Å². The molecular formula is C14H15F3N2OS. The minimum atomic E-state index is -4.40. The topological polar surface area (TPSA) is 37.8 Å². The largest absolute Gasteiger partial charge is 0.416 e. The van der Waals surface area contributed by atoms with Gasteiger partial charge in [0.05, 0.1) is 16.6 Å². The molecule has 0 amide bonds. The lowest BCUT2D eigenvalue weighted by atomic mass is 10.1. The number of hydrogen-bond donors (Lipinski definition) is 1. The molecule has 1 aromatic heterocycles. The predicted octanol–water partition coefficient (Wildman–Crippen LogP) is 3.49. The highest BCUT2D eigenvalue weighted by atomic mass is 32.2. The van der Waals surface area contributed by atoms with Gasteiger partial charge in [0.25, 0.3) is 0 Å². The van der Waals surface area contributed by atoms with Crippen molar-refractivity contribution in [3.63, 3.8) is 0 Å². The number of fused-ring (bicyclic) bond motifs is 1. The smallest absolute Gasteiger partial charge is 0.306 e. The van der Waals surface area contributed by atoms with Crippen LogP contribution >= 0.6 is 11.8 Å². The fourth-order valence-electron chi connectivity index (χ4n) is 2.72. The Labute approximate surface area is 123 Å². The van der Waals surface area contributed by atoms with Crippen LogP contribution in [-0.4, -0.2) is 21.1 Å². The van der Waals surface area contributed by atoms with Gasteiger partial charge in [0.1, 0.15) is 0 Å². The van der Waals surface area contributed by atoms with Crippen molar-refractivity contribution in [1.29, 1.82) is 0 Å². The van der Waals surface area contributed by atoms with E-state index >= 15 is 0 Å². The Kier molecular flexibility index (Phi) is 3.77. The number of aromatic amines is 1. The van der Waals surface area contributed by atoms with Gasteiger partial charge in [-0.05, 0) is 48.5 Å². The summed E-state index contributed by atoms with van der Waals surface area (Å²) in [4.78, 5) is 14.6. The molecule has 1 atom stereocenters. The number of benzene rings is 1. The third-order valence-electron chi connectivity index (χ3n) is 3.80. The van der Waals surface area contributed by atoms with Gasteiger partial charge in [-0.3, -0.25) is 4.57 Å². The normalized spacial score (nSPS) is 20.0. The number of aromatic nitrogens is 2. The summed E-state index contributed by atoms with van der Waals surface area (Å²) < 4.78 is 39.9. The first kappa shape index (κ1) is 14.6. The average molecular weight is 316 g/mol. The van der Waals surface area contributed by atoms with Gasteiger partial charge >= 0.3 is 11.9 Å². The van der Waals surface area contributed by atoms with Crippen LogP contribution < -0.4 is 5.69 Å². The van der Waals surface area contributed by atoms with Crippen molar-refractivity contribution in [3.8, 4) is 0 Å². The number of nitrogens with zero attached hydrogens (tertiary/aromatic N) is 1. The number of hydrogen-bond acceptors (Lipinski definition) is 2. The second-order valence-corrected chi connectivity index (χ2v) is 6.50. The quantitative estimate of drug-likeness (QED) is 0.921. The van der Waals surface area contributed by atoms with Crippen LogP contribution in [0.2, 0.25) is 0 Å². The minimum absolute atomic E-state index is 0.333. The molecule has 2 aromatic rings. The molecule has 1 aromatic carbocycles. The minimum Gasteiger partial charge on any atom is -0.306 e. The highest BCUT2D eigenvalue weighted by Gasteiger charge is 2.31. The number of H-pyrrole nitrogens is 1. The molecule has 7 heteroatoms. The van der Waals surface area contributed by atoms with E-state index in [2.05, 4.69) is 4.98 Å². The highest BCUT2D eigenvalue weighted by molar-refractivity contribution is 7.99. The SMILES string of the molecule is O=c1[nH]c2ccc(C(F)(F)F)cc2n1CC1CCCSC1. The summed E-state index contributed by atoms with van der Waals surface area (Å²) in [5.41, 5.74) is -0.262. The molecule has 0 saturated carbocycles. The third kappa shape index (κ3) is 2.97. The van der Waals surface area contributed by atoms with Gasteiger partial charge in [-0.1, -0.05) is 0 Å². The molecule has 3 rings (SSSR count). The maximum absolute atomic E-state index is 12.8. The molecule has 1 N–H and O–H groups in total. The van der Waals surface area contributed by atoms with Crippen molar-refractivity contribution >= 4 is 22.8 Å². The van der Waals surface area contributed by atoms with Gasteiger partial charge in [0.2, 0.25) is 0 Å². The van der Waals surface area contributed by atoms with Gasteiger partial charge in [0, 0.05) is 6.54 Å². The molecule has 114 valence electrons. The van der Waals surface area contributed by atoms with Crippen LogP contribution in [0.4, 0.5) is 13.2 Å². The fraction of sp³-hybridized carbons (Fsp3) is 0.500. The summed E-state index contributed by atoms with van der Waals surface area (Å²) in [6.07, 6.45) is -2.28. The van der Waals surface area contributed by atoms with E-state index in [9.17, 15) is 18.0 Å². The zero-order valence-electron chi connectivity index (χ0n) is 11.2. The molecule has 3 nitrogen and oxygen atoms in total. The predicted molar refractivity (Wildman–Crippen MR) is 77.6 cm³/mol. The molecule has 1 fully saturated rings. The molecular weight excluding hydrogens is 301 g/mol. The van der Waals surface area contributed by atoms with Gasteiger partial charge < -0.3 is 4.98 Å². The molecule has 0 spiro atoms. The van der Waals surface area contributed by atoms with E-state index < -0.39 is 11.7 Å². The van der Waals surface area contributed by atoms with Crippen molar-refractivity contribution in [2.45, 2.75) is 25.6 Å². The number of nitrogens with one attached hydrogen (secondary N) is 1.